The zero-order chi connectivity index (χ0) is 14.5. The van der Waals surface area contributed by atoms with E-state index in [1.165, 1.54) is 0 Å². The monoisotopic (exact) mass is 276 g/mol. The smallest absolute Gasteiger partial charge is 0.374 e. The van der Waals surface area contributed by atoms with E-state index in [-0.39, 0.29) is 11.5 Å². The summed E-state index contributed by atoms with van der Waals surface area (Å²) in [4.78, 5) is 22.4. The highest BCUT2D eigenvalue weighted by atomic mass is 16.5. The van der Waals surface area contributed by atoms with Crippen molar-refractivity contribution >= 4 is 17.6 Å². The largest absolute Gasteiger partial charge is 0.494 e. The van der Waals surface area contributed by atoms with Crippen LogP contribution in [0.25, 0.3) is 0 Å². The Hall–Kier alpha value is -2.83. The normalized spacial score (nSPS) is 10.1. The quantitative estimate of drug-likeness (QED) is 0.866. The van der Waals surface area contributed by atoms with Crippen LogP contribution in [0.15, 0.2) is 34.9 Å². The second kappa shape index (κ2) is 5.87. The highest BCUT2D eigenvalue weighted by molar-refractivity contribution is 6.03. The number of nitrogens with one attached hydrogen (secondary N) is 1. The lowest BCUT2D eigenvalue weighted by Gasteiger charge is -2.05. The number of nitrogens with zero attached hydrogens (tertiary/aromatic N) is 1. The highest BCUT2D eigenvalue weighted by Gasteiger charge is 2.16. The number of carbonyl (C=O) groups is 2. The summed E-state index contributed by atoms with van der Waals surface area (Å²) in [6.45, 7) is 2.43. The van der Waals surface area contributed by atoms with Crippen molar-refractivity contribution in [3.63, 3.8) is 0 Å². The molecule has 0 aliphatic heterocycles. The zero-order valence-electron chi connectivity index (χ0n) is 10.6. The zero-order valence-corrected chi connectivity index (χ0v) is 10.6. The van der Waals surface area contributed by atoms with Gasteiger partial charge in [-0.25, -0.2) is 4.79 Å². The molecule has 0 saturated carbocycles. The molecule has 2 rings (SSSR count). The van der Waals surface area contributed by atoms with E-state index in [1.807, 2.05) is 6.92 Å². The Morgan fingerprint density at radius 1 is 1.35 bits per heavy atom. The Bertz CT molecular complexity index is 618. The minimum atomic E-state index is -1.28. The maximum atomic E-state index is 11.8. The number of aromatic carboxylic acids is 1. The number of amides is 1. The number of hydrogen-bond acceptors (Lipinski definition) is 5. The third kappa shape index (κ3) is 3.14. The fourth-order valence-electron chi connectivity index (χ4n) is 1.48. The lowest BCUT2D eigenvalue weighted by atomic mass is 10.3. The van der Waals surface area contributed by atoms with Gasteiger partial charge in [0.2, 0.25) is 5.76 Å². The SMILES string of the molecule is CCOc1ccc(NC(=O)c2cc(C(=O)O)on2)cc1. The van der Waals surface area contributed by atoms with Crippen molar-refractivity contribution in [2.75, 3.05) is 11.9 Å². The summed E-state index contributed by atoms with van der Waals surface area (Å²) in [7, 11) is 0. The molecule has 0 spiro atoms. The summed E-state index contributed by atoms with van der Waals surface area (Å²) in [6.07, 6.45) is 0. The maximum absolute atomic E-state index is 11.8. The van der Waals surface area contributed by atoms with Gasteiger partial charge in [0.25, 0.3) is 5.91 Å². The van der Waals surface area contributed by atoms with Crippen LogP contribution in [0.2, 0.25) is 0 Å². The minimum Gasteiger partial charge on any atom is -0.494 e. The van der Waals surface area contributed by atoms with E-state index in [0.717, 1.165) is 6.07 Å². The predicted molar refractivity (Wildman–Crippen MR) is 69.0 cm³/mol. The molecule has 0 atom stereocenters. The van der Waals surface area contributed by atoms with E-state index in [9.17, 15) is 9.59 Å². The van der Waals surface area contributed by atoms with E-state index >= 15 is 0 Å². The Balaban J connectivity index is 2.04. The molecule has 7 heteroatoms. The molecular weight excluding hydrogens is 264 g/mol. The number of anilines is 1. The van der Waals surface area contributed by atoms with Crippen LogP contribution in [0.4, 0.5) is 5.69 Å². The molecule has 1 heterocycles. The lowest BCUT2D eigenvalue weighted by Crippen LogP contribution is -2.12. The molecule has 0 radical (unpaired) electrons. The van der Waals surface area contributed by atoms with E-state index in [0.29, 0.717) is 18.0 Å². The van der Waals surface area contributed by atoms with Crippen LogP contribution in [0.3, 0.4) is 0 Å². The first-order valence-electron chi connectivity index (χ1n) is 5.84. The first-order chi connectivity index (χ1) is 9.60. The molecule has 0 aliphatic carbocycles. The topological polar surface area (TPSA) is 102 Å². The van der Waals surface area contributed by atoms with Gasteiger partial charge in [-0.05, 0) is 31.2 Å². The third-order valence-electron chi connectivity index (χ3n) is 2.38. The van der Waals surface area contributed by atoms with Gasteiger partial charge in [-0.15, -0.1) is 0 Å². The van der Waals surface area contributed by atoms with Crippen molar-refractivity contribution in [1.82, 2.24) is 5.16 Å². The van der Waals surface area contributed by atoms with E-state index in [1.54, 1.807) is 24.3 Å². The highest BCUT2D eigenvalue weighted by Crippen LogP contribution is 2.16. The average Bonchev–Trinajstić information content (AvgIpc) is 2.91. The van der Waals surface area contributed by atoms with Gasteiger partial charge in [-0.1, -0.05) is 5.16 Å². The van der Waals surface area contributed by atoms with Crippen LogP contribution >= 0.6 is 0 Å². The summed E-state index contributed by atoms with van der Waals surface area (Å²) in [5.74, 6) is -1.52. The van der Waals surface area contributed by atoms with Gasteiger partial charge in [0, 0.05) is 11.8 Å². The van der Waals surface area contributed by atoms with E-state index in [2.05, 4.69) is 15.0 Å². The van der Waals surface area contributed by atoms with Gasteiger partial charge < -0.3 is 19.7 Å². The summed E-state index contributed by atoms with van der Waals surface area (Å²) >= 11 is 0. The Labute approximate surface area is 114 Å². The number of hydrogen-bond donors (Lipinski definition) is 2. The molecule has 1 aromatic heterocycles. The molecule has 0 fully saturated rings. The fourth-order valence-corrected chi connectivity index (χ4v) is 1.48. The maximum Gasteiger partial charge on any atom is 0.374 e. The second-order valence-corrected chi connectivity index (χ2v) is 3.79. The van der Waals surface area contributed by atoms with Crippen LogP contribution in [0.5, 0.6) is 5.75 Å². The number of carboxylic acid groups (broad SMARTS) is 1. The molecule has 0 saturated heterocycles. The first kappa shape index (κ1) is 13.6. The number of carboxylic acids is 1. The molecule has 2 N–H and O–H groups in total. The summed E-state index contributed by atoms with van der Waals surface area (Å²) in [6, 6.07) is 7.82. The predicted octanol–water partition coefficient (Wildman–Crippen LogP) is 2.02. The van der Waals surface area contributed by atoms with Crippen LogP contribution in [-0.4, -0.2) is 28.7 Å². The first-order valence-corrected chi connectivity index (χ1v) is 5.84. The van der Waals surface area contributed by atoms with Crippen molar-refractivity contribution in [1.29, 1.82) is 0 Å². The molecule has 20 heavy (non-hydrogen) atoms. The number of ether oxygens (including phenoxy) is 1. The number of carbonyl (C=O) groups excluding carboxylic acids is 1. The van der Waals surface area contributed by atoms with E-state index < -0.39 is 11.9 Å². The minimum absolute atomic E-state index is 0.101. The Kier molecular flexibility index (Phi) is 3.99. The standard InChI is InChI=1S/C13H12N2O5/c1-2-19-9-5-3-8(4-6-9)14-12(16)10-7-11(13(17)18)20-15-10/h3-7H,2H2,1H3,(H,14,16)(H,17,18). The molecule has 1 aromatic carbocycles. The Morgan fingerprint density at radius 3 is 2.60 bits per heavy atom. The lowest BCUT2D eigenvalue weighted by molar-refractivity contribution is 0.0651. The molecule has 0 bridgehead atoms. The van der Waals surface area contributed by atoms with Crippen molar-refractivity contribution < 1.29 is 24.0 Å². The number of rotatable bonds is 5. The molecule has 1 amide bonds. The third-order valence-corrected chi connectivity index (χ3v) is 2.38. The van der Waals surface area contributed by atoms with Crippen molar-refractivity contribution in [3.8, 4) is 5.75 Å². The van der Waals surface area contributed by atoms with Crippen molar-refractivity contribution in [3.05, 3.63) is 41.8 Å². The van der Waals surface area contributed by atoms with Crippen molar-refractivity contribution in [2.24, 2.45) is 0 Å². The fraction of sp³-hybridized carbons (Fsp3) is 0.154. The number of benzene rings is 1. The van der Waals surface area contributed by atoms with Gasteiger partial charge >= 0.3 is 5.97 Å². The summed E-state index contributed by atoms with van der Waals surface area (Å²) in [5, 5.41) is 14.6. The molecule has 7 nitrogen and oxygen atoms in total. The average molecular weight is 276 g/mol. The van der Waals surface area contributed by atoms with Crippen LogP contribution in [0.1, 0.15) is 28.0 Å². The molecule has 0 unspecified atom stereocenters. The van der Waals surface area contributed by atoms with Gasteiger partial charge in [0.05, 0.1) is 6.61 Å². The van der Waals surface area contributed by atoms with Crippen LogP contribution in [0, 0.1) is 0 Å². The van der Waals surface area contributed by atoms with Crippen LogP contribution < -0.4 is 10.1 Å². The van der Waals surface area contributed by atoms with Gasteiger partial charge in [0.15, 0.2) is 5.69 Å². The van der Waals surface area contributed by atoms with E-state index in [4.69, 9.17) is 9.84 Å². The molecule has 0 aliphatic rings. The summed E-state index contributed by atoms with van der Waals surface area (Å²) in [5.41, 5.74) is 0.439. The summed E-state index contributed by atoms with van der Waals surface area (Å²) < 4.78 is 9.78. The molecule has 104 valence electrons. The van der Waals surface area contributed by atoms with Crippen molar-refractivity contribution in [2.45, 2.75) is 6.92 Å². The van der Waals surface area contributed by atoms with Gasteiger partial charge in [-0.2, -0.15) is 0 Å². The second-order valence-electron chi connectivity index (χ2n) is 3.79. The van der Waals surface area contributed by atoms with Gasteiger partial charge in [0.1, 0.15) is 5.75 Å². The Morgan fingerprint density at radius 2 is 2.05 bits per heavy atom. The number of aromatic nitrogens is 1. The van der Waals surface area contributed by atoms with Crippen LogP contribution in [-0.2, 0) is 0 Å². The molecular formula is C13H12N2O5. The van der Waals surface area contributed by atoms with Gasteiger partial charge in [-0.3, -0.25) is 4.79 Å². The molecule has 2 aromatic rings.